The largest absolute Gasteiger partial charge is 0.304 e. The van der Waals surface area contributed by atoms with Gasteiger partial charge in [-0.1, -0.05) is 50.2 Å². The molecule has 0 saturated heterocycles. The molecule has 0 amide bonds. The number of halogens is 1. The molecule has 23 heavy (non-hydrogen) atoms. The molecule has 0 fully saturated rings. The number of hydrogen-bond donors (Lipinski definition) is 0. The molecule has 0 aliphatic heterocycles. The summed E-state index contributed by atoms with van der Waals surface area (Å²) in [5.74, 6) is 0. The van der Waals surface area contributed by atoms with Crippen molar-refractivity contribution >= 4 is 45.7 Å². The van der Waals surface area contributed by atoms with Crippen LogP contribution in [0, 0.1) is 0 Å². The molecule has 3 heteroatoms. The van der Waals surface area contributed by atoms with Crippen molar-refractivity contribution in [1.82, 2.24) is 9.88 Å². The van der Waals surface area contributed by atoms with Gasteiger partial charge in [0.2, 0.25) is 0 Å². The first-order chi connectivity index (χ1) is 10.8. The minimum Gasteiger partial charge on any atom is -0.304 e. The lowest BCUT2D eigenvalue weighted by atomic mass is 9.99. The minimum atomic E-state index is 0. The maximum atomic E-state index is 4.64. The average Bonchev–Trinajstić information content (AvgIpc) is 2.58. The van der Waals surface area contributed by atoms with Crippen molar-refractivity contribution in [1.29, 1.82) is 0 Å². The van der Waals surface area contributed by atoms with Crippen LogP contribution in [0.15, 0.2) is 48.7 Å². The SMILES string of the molecule is CCN(CC)CCCc1cccc2ncc3ccccc3c12.I. The maximum Gasteiger partial charge on any atom is 0.0711 e. The van der Waals surface area contributed by atoms with Crippen LogP contribution in [0.4, 0.5) is 0 Å². The van der Waals surface area contributed by atoms with E-state index in [1.165, 1.54) is 34.7 Å². The Morgan fingerprint density at radius 1 is 0.957 bits per heavy atom. The second-order valence-corrected chi connectivity index (χ2v) is 5.79. The molecule has 1 aromatic heterocycles. The van der Waals surface area contributed by atoms with Gasteiger partial charge in [0.15, 0.2) is 0 Å². The van der Waals surface area contributed by atoms with E-state index in [2.05, 4.69) is 66.2 Å². The van der Waals surface area contributed by atoms with Gasteiger partial charge in [0.25, 0.3) is 0 Å². The Hall–Kier alpha value is -1.20. The molecule has 0 unspecified atom stereocenters. The van der Waals surface area contributed by atoms with E-state index in [0.717, 1.165) is 25.0 Å². The first kappa shape index (κ1) is 18.1. The average molecular weight is 420 g/mol. The molecule has 3 rings (SSSR count). The Bertz CT molecular complexity index is 766. The van der Waals surface area contributed by atoms with E-state index in [9.17, 15) is 0 Å². The second kappa shape index (κ2) is 8.60. The van der Waals surface area contributed by atoms with Gasteiger partial charge < -0.3 is 4.90 Å². The van der Waals surface area contributed by atoms with E-state index in [1.54, 1.807) is 0 Å². The lowest BCUT2D eigenvalue weighted by Crippen LogP contribution is -2.24. The molecule has 0 atom stereocenters. The molecular formula is C20H25IN2. The van der Waals surface area contributed by atoms with Crippen LogP contribution >= 0.6 is 24.0 Å². The van der Waals surface area contributed by atoms with Crippen molar-refractivity contribution in [2.24, 2.45) is 0 Å². The van der Waals surface area contributed by atoms with Gasteiger partial charge in [-0.2, -0.15) is 0 Å². The van der Waals surface area contributed by atoms with Crippen molar-refractivity contribution in [3.05, 3.63) is 54.2 Å². The van der Waals surface area contributed by atoms with Gasteiger partial charge in [-0.3, -0.25) is 4.98 Å². The van der Waals surface area contributed by atoms with Crippen LogP contribution in [-0.2, 0) is 6.42 Å². The molecular weight excluding hydrogens is 395 g/mol. The van der Waals surface area contributed by atoms with Crippen molar-refractivity contribution in [3.8, 4) is 0 Å². The van der Waals surface area contributed by atoms with Crippen molar-refractivity contribution in [2.45, 2.75) is 26.7 Å². The van der Waals surface area contributed by atoms with Gasteiger partial charge in [0.05, 0.1) is 5.52 Å². The van der Waals surface area contributed by atoms with Crippen LogP contribution in [0.25, 0.3) is 21.7 Å². The van der Waals surface area contributed by atoms with Crippen LogP contribution in [0.3, 0.4) is 0 Å². The number of fused-ring (bicyclic) bond motifs is 3. The Labute approximate surface area is 155 Å². The summed E-state index contributed by atoms with van der Waals surface area (Å²) in [6, 6.07) is 15.1. The fourth-order valence-corrected chi connectivity index (χ4v) is 3.22. The lowest BCUT2D eigenvalue weighted by molar-refractivity contribution is 0.300. The van der Waals surface area contributed by atoms with E-state index in [0.29, 0.717) is 0 Å². The number of aromatic nitrogens is 1. The summed E-state index contributed by atoms with van der Waals surface area (Å²) >= 11 is 0. The molecule has 0 N–H and O–H groups in total. The molecule has 0 saturated carbocycles. The normalized spacial score (nSPS) is 11.1. The number of pyridine rings is 1. The Morgan fingerprint density at radius 2 is 1.74 bits per heavy atom. The summed E-state index contributed by atoms with van der Waals surface area (Å²) < 4.78 is 0. The predicted molar refractivity (Wildman–Crippen MR) is 111 cm³/mol. The van der Waals surface area contributed by atoms with Gasteiger partial charge in [-0.05, 0) is 49.5 Å². The Kier molecular flexibility index (Phi) is 6.78. The molecule has 3 aromatic rings. The number of nitrogens with zero attached hydrogens (tertiary/aromatic N) is 2. The van der Waals surface area contributed by atoms with E-state index >= 15 is 0 Å². The molecule has 0 spiro atoms. The van der Waals surface area contributed by atoms with Gasteiger partial charge >= 0.3 is 0 Å². The topological polar surface area (TPSA) is 16.1 Å². The first-order valence-corrected chi connectivity index (χ1v) is 8.31. The summed E-state index contributed by atoms with van der Waals surface area (Å²) in [5.41, 5.74) is 2.54. The molecule has 122 valence electrons. The minimum absolute atomic E-state index is 0. The van der Waals surface area contributed by atoms with E-state index < -0.39 is 0 Å². The zero-order chi connectivity index (χ0) is 15.4. The molecule has 0 bridgehead atoms. The van der Waals surface area contributed by atoms with Crippen LogP contribution in [0.5, 0.6) is 0 Å². The van der Waals surface area contributed by atoms with Gasteiger partial charge in [-0.15, -0.1) is 24.0 Å². The third-order valence-corrected chi connectivity index (χ3v) is 4.52. The zero-order valence-corrected chi connectivity index (χ0v) is 16.3. The zero-order valence-electron chi connectivity index (χ0n) is 14.0. The summed E-state index contributed by atoms with van der Waals surface area (Å²) in [6.45, 7) is 7.91. The predicted octanol–water partition coefficient (Wildman–Crippen LogP) is 5.28. The number of benzene rings is 2. The Balaban J connectivity index is 0.00000192. The van der Waals surface area contributed by atoms with Crippen LogP contribution in [0.1, 0.15) is 25.8 Å². The monoisotopic (exact) mass is 420 g/mol. The first-order valence-electron chi connectivity index (χ1n) is 8.31. The molecule has 2 aromatic carbocycles. The van der Waals surface area contributed by atoms with E-state index in [4.69, 9.17) is 0 Å². The number of rotatable bonds is 6. The van der Waals surface area contributed by atoms with Crippen molar-refractivity contribution in [2.75, 3.05) is 19.6 Å². The quantitative estimate of drug-likeness (QED) is 0.399. The molecule has 0 aliphatic rings. The summed E-state index contributed by atoms with van der Waals surface area (Å²) in [6.07, 6.45) is 4.30. The highest BCUT2D eigenvalue weighted by molar-refractivity contribution is 14.0. The molecule has 1 heterocycles. The van der Waals surface area contributed by atoms with E-state index in [-0.39, 0.29) is 24.0 Å². The Morgan fingerprint density at radius 3 is 2.52 bits per heavy atom. The number of aryl methyl sites for hydroxylation is 1. The summed E-state index contributed by atoms with van der Waals surface area (Å²) in [5, 5.41) is 3.89. The highest BCUT2D eigenvalue weighted by atomic mass is 127. The third-order valence-electron chi connectivity index (χ3n) is 4.52. The summed E-state index contributed by atoms with van der Waals surface area (Å²) in [4.78, 5) is 7.12. The molecule has 0 radical (unpaired) electrons. The highest BCUT2D eigenvalue weighted by Gasteiger charge is 2.07. The van der Waals surface area contributed by atoms with Crippen LogP contribution < -0.4 is 0 Å². The molecule has 2 nitrogen and oxygen atoms in total. The van der Waals surface area contributed by atoms with Gasteiger partial charge in [-0.25, -0.2) is 0 Å². The smallest absolute Gasteiger partial charge is 0.0711 e. The van der Waals surface area contributed by atoms with Crippen molar-refractivity contribution in [3.63, 3.8) is 0 Å². The van der Waals surface area contributed by atoms with Gasteiger partial charge in [0.1, 0.15) is 0 Å². The second-order valence-electron chi connectivity index (χ2n) is 5.79. The van der Waals surface area contributed by atoms with Gasteiger partial charge in [0, 0.05) is 17.0 Å². The standard InChI is InChI=1S/C20H24N2.HI/c1-3-22(4-2)14-8-11-16-10-7-13-19-20(16)18-12-6-5-9-17(18)15-21-19;/h5-7,9-10,12-13,15H,3-4,8,11,14H2,1-2H3;1H. The summed E-state index contributed by atoms with van der Waals surface area (Å²) in [7, 11) is 0. The molecule has 0 aliphatic carbocycles. The third kappa shape index (κ3) is 4.01. The maximum absolute atomic E-state index is 4.64. The fraction of sp³-hybridized carbons (Fsp3) is 0.350. The number of hydrogen-bond acceptors (Lipinski definition) is 2. The van der Waals surface area contributed by atoms with E-state index in [1.807, 2.05) is 6.20 Å². The fourth-order valence-electron chi connectivity index (χ4n) is 3.22. The van der Waals surface area contributed by atoms with Crippen LogP contribution in [0.2, 0.25) is 0 Å². The highest BCUT2D eigenvalue weighted by Crippen LogP contribution is 2.27. The van der Waals surface area contributed by atoms with Crippen LogP contribution in [-0.4, -0.2) is 29.5 Å². The lowest BCUT2D eigenvalue weighted by Gasteiger charge is -2.18. The van der Waals surface area contributed by atoms with Crippen molar-refractivity contribution < 1.29 is 0 Å².